The average molecular weight is 151 g/mol. The van der Waals surface area contributed by atoms with Crippen LogP contribution in [0.3, 0.4) is 0 Å². The van der Waals surface area contributed by atoms with Gasteiger partial charge < -0.3 is 5.73 Å². The maximum atomic E-state index is 8.76. The quantitative estimate of drug-likeness (QED) is 0.655. The second kappa shape index (κ2) is 4.71. The van der Waals surface area contributed by atoms with E-state index >= 15 is 0 Å². The zero-order valence-electron chi connectivity index (χ0n) is 6.80. The van der Waals surface area contributed by atoms with Crippen molar-refractivity contribution in [2.75, 3.05) is 6.54 Å². The molecule has 0 aromatic carbocycles. The highest BCUT2D eigenvalue weighted by molar-refractivity contribution is 5.00. The van der Waals surface area contributed by atoms with Crippen molar-refractivity contribution in [3.63, 3.8) is 0 Å². The molecule has 1 unspecified atom stereocenters. The van der Waals surface area contributed by atoms with Crippen LogP contribution >= 0.6 is 0 Å². The van der Waals surface area contributed by atoms with E-state index in [0.29, 0.717) is 19.4 Å². The van der Waals surface area contributed by atoms with Crippen LogP contribution in [0.25, 0.3) is 0 Å². The third kappa shape index (κ3) is 2.57. The van der Waals surface area contributed by atoms with Gasteiger partial charge in [-0.1, -0.05) is 6.92 Å². The molecule has 11 heavy (non-hydrogen) atoms. The maximum absolute atomic E-state index is 8.76. The van der Waals surface area contributed by atoms with Gasteiger partial charge in [0.1, 0.15) is 0 Å². The monoisotopic (exact) mass is 151 g/mol. The number of nitrogens with two attached hydrogens (primary N) is 1. The highest BCUT2D eigenvalue weighted by Crippen LogP contribution is 2.24. The van der Waals surface area contributed by atoms with E-state index in [-0.39, 0.29) is 0 Å². The predicted octanol–water partition coefficient (Wildman–Crippen LogP) is 1.17. The topological polar surface area (TPSA) is 73.6 Å². The molecule has 0 aliphatic carbocycles. The Morgan fingerprint density at radius 3 is 2.36 bits per heavy atom. The molecule has 0 aliphatic heterocycles. The molecule has 0 rings (SSSR count). The summed E-state index contributed by atoms with van der Waals surface area (Å²) >= 11 is 0. The Balaban J connectivity index is 4.11. The Kier molecular flexibility index (Phi) is 4.26. The number of nitriles is 2. The van der Waals surface area contributed by atoms with E-state index in [4.69, 9.17) is 16.3 Å². The van der Waals surface area contributed by atoms with Crippen LogP contribution in [-0.4, -0.2) is 6.54 Å². The van der Waals surface area contributed by atoms with Crippen molar-refractivity contribution in [2.45, 2.75) is 26.2 Å². The van der Waals surface area contributed by atoms with Gasteiger partial charge in [-0.05, 0) is 12.8 Å². The first-order chi connectivity index (χ1) is 5.24. The van der Waals surface area contributed by atoms with Crippen LogP contribution in [0.15, 0.2) is 0 Å². The van der Waals surface area contributed by atoms with Crippen LogP contribution in [0.1, 0.15) is 26.2 Å². The fraction of sp³-hybridized carbons (Fsp3) is 0.750. The van der Waals surface area contributed by atoms with Gasteiger partial charge in [0.25, 0.3) is 0 Å². The summed E-state index contributed by atoms with van der Waals surface area (Å²) in [5, 5.41) is 17.1. The fourth-order valence-electron chi connectivity index (χ4n) is 0.899. The largest absolute Gasteiger partial charge is 0.329 e. The van der Waals surface area contributed by atoms with E-state index < -0.39 is 5.41 Å². The van der Waals surface area contributed by atoms with Crippen molar-refractivity contribution < 1.29 is 0 Å². The molecule has 0 saturated heterocycles. The van der Waals surface area contributed by atoms with Crippen molar-refractivity contribution in [3.05, 3.63) is 0 Å². The lowest BCUT2D eigenvalue weighted by molar-refractivity contribution is 0.366. The predicted molar refractivity (Wildman–Crippen MR) is 42.2 cm³/mol. The molecule has 0 aromatic heterocycles. The van der Waals surface area contributed by atoms with Gasteiger partial charge in [-0.15, -0.1) is 0 Å². The molecule has 1 atom stereocenters. The second-order valence-electron chi connectivity index (χ2n) is 2.61. The molecule has 2 N–H and O–H groups in total. The van der Waals surface area contributed by atoms with E-state index in [1.807, 2.05) is 13.0 Å². The normalized spacial score (nSPS) is 14.5. The molecule has 0 radical (unpaired) electrons. The minimum atomic E-state index is -0.463. The zero-order chi connectivity index (χ0) is 8.74. The third-order valence-electron chi connectivity index (χ3n) is 2.02. The molecule has 0 amide bonds. The molecule has 0 bridgehead atoms. The van der Waals surface area contributed by atoms with E-state index in [1.165, 1.54) is 0 Å². The van der Waals surface area contributed by atoms with E-state index in [2.05, 4.69) is 6.07 Å². The first kappa shape index (κ1) is 9.94. The standard InChI is InChI=1S/C8H13N3/c1-2-8(6-10,7-11)4-3-5-9/h2-4,6,10H2,1H3. The summed E-state index contributed by atoms with van der Waals surface area (Å²) < 4.78 is 0. The van der Waals surface area contributed by atoms with Crippen molar-refractivity contribution in [1.82, 2.24) is 0 Å². The van der Waals surface area contributed by atoms with E-state index in [1.54, 1.807) is 0 Å². The Morgan fingerprint density at radius 1 is 1.45 bits per heavy atom. The Hall–Kier alpha value is -1.06. The first-order valence-electron chi connectivity index (χ1n) is 3.73. The number of hydrogen-bond acceptors (Lipinski definition) is 3. The molecule has 0 spiro atoms. The third-order valence-corrected chi connectivity index (χ3v) is 2.02. The van der Waals surface area contributed by atoms with Crippen LogP contribution in [0.2, 0.25) is 0 Å². The zero-order valence-corrected chi connectivity index (χ0v) is 6.80. The summed E-state index contributed by atoms with van der Waals surface area (Å²) in [6.45, 7) is 2.27. The van der Waals surface area contributed by atoms with Gasteiger partial charge in [-0.25, -0.2) is 0 Å². The van der Waals surface area contributed by atoms with Crippen LogP contribution in [0, 0.1) is 28.1 Å². The van der Waals surface area contributed by atoms with Crippen molar-refractivity contribution >= 4 is 0 Å². The molecular weight excluding hydrogens is 138 g/mol. The van der Waals surface area contributed by atoms with Gasteiger partial charge in [-0.2, -0.15) is 10.5 Å². The maximum Gasteiger partial charge on any atom is 0.0703 e. The van der Waals surface area contributed by atoms with Crippen molar-refractivity contribution in [3.8, 4) is 12.1 Å². The summed E-state index contributed by atoms with van der Waals surface area (Å²) in [5.41, 5.74) is 4.98. The molecule has 3 heteroatoms. The van der Waals surface area contributed by atoms with Gasteiger partial charge in [-0.3, -0.25) is 0 Å². The molecule has 0 aliphatic rings. The molecule has 0 fully saturated rings. The molecule has 0 heterocycles. The van der Waals surface area contributed by atoms with Crippen LogP contribution in [0.4, 0.5) is 0 Å². The second-order valence-corrected chi connectivity index (χ2v) is 2.61. The summed E-state index contributed by atoms with van der Waals surface area (Å²) in [4.78, 5) is 0. The van der Waals surface area contributed by atoms with Crippen LogP contribution in [0.5, 0.6) is 0 Å². The molecular formula is C8H13N3. The Labute approximate surface area is 67.4 Å². The number of rotatable bonds is 4. The molecule has 0 aromatic rings. The van der Waals surface area contributed by atoms with E-state index in [9.17, 15) is 0 Å². The van der Waals surface area contributed by atoms with Gasteiger partial charge in [0, 0.05) is 13.0 Å². The smallest absolute Gasteiger partial charge is 0.0703 e. The molecule has 60 valence electrons. The minimum Gasteiger partial charge on any atom is -0.329 e. The Bertz CT molecular complexity index is 180. The highest BCUT2D eigenvalue weighted by atomic mass is 14.6. The SMILES string of the molecule is CCC(C#N)(CN)CCC#N. The summed E-state index contributed by atoms with van der Waals surface area (Å²) in [5.74, 6) is 0. The van der Waals surface area contributed by atoms with Crippen molar-refractivity contribution in [1.29, 1.82) is 10.5 Å². The van der Waals surface area contributed by atoms with Crippen molar-refractivity contribution in [2.24, 2.45) is 11.1 Å². The highest BCUT2D eigenvalue weighted by Gasteiger charge is 2.25. The summed E-state index contributed by atoms with van der Waals surface area (Å²) in [6.07, 6.45) is 1.73. The number of hydrogen-bond donors (Lipinski definition) is 1. The first-order valence-corrected chi connectivity index (χ1v) is 3.73. The van der Waals surface area contributed by atoms with Gasteiger partial charge >= 0.3 is 0 Å². The summed E-state index contributed by atoms with van der Waals surface area (Å²) in [6, 6.07) is 4.19. The lowest BCUT2D eigenvalue weighted by Crippen LogP contribution is -2.27. The van der Waals surface area contributed by atoms with Gasteiger partial charge in [0.2, 0.25) is 0 Å². The lowest BCUT2D eigenvalue weighted by atomic mass is 9.82. The number of nitrogens with zero attached hydrogens (tertiary/aromatic N) is 2. The Morgan fingerprint density at radius 2 is 2.09 bits per heavy atom. The average Bonchev–Trinajstić information content (AvgIpc) is 2.08. The fourth-order valence-corrected chi connectivity index (χ4v) is 0.899. The lowest BCUT2D eigenvalue weighted by Gasteiger charge is -2.20. The van der Waals surface area contributed by atoms with Crippen LogP contribution in [-0.2, 0) is 0 Å². The van der Waals surface area contributed by atoms with Crippen LogP contribution < -0.4 is 5.73 Å². The van der Waals surface area contributed by atoms with Gasteiger partial charge in [0.15, 0.2) is 0 Å². The molecule has 0 saturated carbocycles. The van der Waals surface area contributed by atoms with Gasteiger partial charge in [0.05, 0.1) is 17.6 Å². The summed E-state index contributed by atoms with van der Waals surface area (Å²) in [7, 11) is 0. The van der Waals surface area contributed by atoms with E-state index in [0.717, 1.165) is 6.42 Å². The molecule has 3 nitrogen and oxygen atoms in total. The minimum absolute atomic E-state index is 0.349.